The monoisotopic (exact) mass is 746 g/mol. The third kappa shape index (κ3) is 6.93. The fraction of sp³-hybridized carbons (Fsp3) is 0.500. The normalized spacial score (nSPS) is 30.8. The number of ether oxygens (including phenoxy) is 3. The zero-order valence-corrected chi connectivity index (χ0v) is 31.4. The molecule has 2 bridgehead atoms. The maximum absolute atomic E-state index is 14.6. The molecule has 3 aromatic rings. The van der Waals surface area contributed by atoms with Gasteiger partial charge >= 0.3 is 0 Å². The Morgan fingerprint density at radius 1 is 1.17 bits per heavy atom. The van der Waals surface area contributed by atoms with Gasteiger partial charge < -0.3 is 23.7 Å². The summed E-state index contributed by atoms with van der Waals surface area (Å²) >= 11 is 6.47. The van der Waals surface area contributed by atoms with Crippen molar-refractivity contribution < 1.29 is 28.0 Å². The highest BCUT2D eigenvalue weighted by atomic mass is 35.5. The van der Waals surface area contributed by atoms with Crippen molar-refractivity contribution in [2.24, 2.45) is 22.1 Å². The van der Waals surface area contributed by atoms with Crippen LogP contribution in [0.3, 0.4) is 0 Å². The van der Waals surface area contributed by atoms with E-state index in [0.717, 1.165) is 61.6 Å². The first-order valence-electron chi connectivity index (χ1n) is 18.5. The van der Waals surface area contributed by atoms with Crippen molar-refractivity contribution in [3.05, 3.63) is 93.8 Å². The van der Waals surface area contributed by atoms with E-state index in [9.17, 15) is 13.8 Å². The van der Waals surface area contributed by atoms with Gasteiger partial charge in [0.2, 0.25) is 0 Å². The summed E-state index contributed by atoms with van der Waals surface area (Å²) in [7, 11) is -1.76. The first-order chi connectivity index (χ1) is 25.1. The minimum atomic E-state index is -3.53. The second-order valence-corrected chi connectivity index (χ2v) is 17.8. The molecule has 4 heterocycles. The summed E-state index contributed by atoms with van der Waals surface area (Å²) in [5, 5.41) is 0.742. The minimum Gasteiger partial charge on any atom is -0.490 e. The number of carbonyl (C=O) groups excluding carboxylic acids is 2. The first kappa shape index (κ1) is 35.4. The van der Waals surface area contributed by atoms with Crippen molar-refractivity contribution in [2.75, 3.05) is 44.1 Å². The van der Waals surface area contributed by atoms with Gasteiger partial charge in [-0.15, -0.1) is 4.36 Å². The zero-order valence-electron chi connectivity index (χ0n) is 29.9. The molecule has 10 nitrogen and oxygen atoms in total. The summed E-state index contributed by atoms with van der Waals surface area (Å²) in [6.07, 6.45) is 11.7. The molecule has 1 fully saturated rings. The van der Waals surface area contributed by atoms with Crippen LogP contribution in [0.15, 0.2) is 65.2 Å². The molecule has 1 saturated carbocycles. The molecule has 52 heavy (non-hydrogen) atoms. The number of carbonyl (C=O) groups is 2. The predicted molar refractivity (Wildman–Crippen MR) is 201 cm³/mol. The van der Waals surface area contributed by atoms with Crippen LogP contribution in [0.4, 0.5) is 5.69 Å². The summed E-state index contributed by atoms with van der Waals surface area (Å²) in [6, 6.07) is 13.4. The quantitative estimate of drug-likeness (QED) is 0.296. The van der Waals surface area contributed by atoms with Crippen molar-refractivity contribution in [1.29, 1.82) is 0 Å². The molecule has 12 heteroatoms. The lowest BCUT2D eigenvalue weighted by Crippen LogP contribution is -2.49. The number of fused-ring (bicyclic) bond motifs is 5. The lowest BCUT2D eigenvalue weighted by atomic mass is 9.68. The van der Waals surface area contributed by atoms with Crippen LogP contribution in [0.1, 0.15) is 76.6 Å². The number of nitrogens with zero attached hydrogens (tertiary/aromatic N) is 3. The summed E-state index contributed by atoms with van der Waals surface area (Å²) in [6.45, 7) is 5.57. The smallest absolute Gasteiger partial charge is 0.286 e. The Labute approximate surface area is 311 Å². The fourth-order valence-electron chi connectivity index (χ4n) is 8.92. The highest BCUT2D eigenvalue weighted by Crippen LogP contribution is 2.47. The van der Waals surface area contributed by atoms with Gasteiger partial charge in [0.05, 0.1) is 42.9 Å². The molecule has 2 aromatic carbocycles. The lowest BCUT2D eigenvalue weighted by Gasteiger charge is -2.46. The molecule has 2 aliphatic carbocycles. The molecule has 1 aromatic heterocycles. The van der Waals surface area contributed by atoms with Crippen LogP contribution in [0.25, 0.3) is 0 Å². The van der Waals surface area contributed by atoms with Gasteiger partial charge in [-0.3, -0.25) is 14.3 Å². The summed E-state index contributed by atoms with van der Waals surface area (Å²) in [5.74, 6) is 0.148. The summed E-state index contributed by atoms with van der Waals surface area (Å²) < 4.78 is 41.9. The van der Waals surface area contributed by atoms with Gasteiger partial charge in [0.25, 0.3) is 11.8 Å². The Hall–Kier alpha value is -3.64. The largest absolute Gasteiger partial charge is 0.490 e. The van der Waals surface area contributed by atoms with Crippen LogP contribution in [-0.4, -0.2) is 65.9 Å². The van der Waals surface area contributed by atoms with Crippen molar-refractivity contribution in [2.45, 2.75) is 70.1 Å². The topological polar surface area (TPSA) is 111 Å². The number of hydrogen-bond donors (Lipinski definition) is 1. The first-order valence-corrected chi connectivity index (χ1v) is 20.6. The van der Waals surface area contributed by atoms with Gasteiger partial charge in [-0.1, -0.05) is 36.7 Å². The molecule has 0 radical (unpaired) electrons. The van der Waals surface area contributed by atoms with Crippen molar-refractivity contribution >= 4 is 39.0 Å². The van der Waals surface area contributed by atoms with E-state index in [4.69, 9.17) is 25.8 Å². The van der Waals surface area contributed by atoms with Crippen LogP contribution in [0.5, 0.6) is 5.75 Å². The Morgan fingerprint density at radius 3 is 2.87 bits per heavy atom. The Balaban J connectivity index is 1.18. The van der Waals surface area contributed by atoms with E-state index in [1.54, 1.807) is 25.4 Å². The number of nitrogens with one attached hydrogen (secondary N) is 1. The third-order valence-electron chi connectivity index (χ3n) is 11.7. The van der Waals surface area contributed by atoms with E-state index >= 15 is 0 Å². The number of benzene rings is 2. The number of hydrogen-bond acceptors (Lipinski definition) is 7. The number of halogens is 1. The van der Waals surface area contributed by atoms with E-state index in [1.807, 2.05) is 29.7 Å². The van der Waals surface area contributed by atoms with Gasteiger partial charge in [0.15, 0.2) is 0 Å². The summed E-state index contributed by atoms with van der Waals surface area (Å²) in [4.78, 5) is 30.1. The Kier molecular flexibility index (Phi) is 9.74. The van der Waals surface area contributed by atoms with Crippen molar-refractivity contribution in [3.63, 3.8) is 0 Å². The standard InChI is InChI=1S/C40H47ClN4O6S/c1-26-5-3-7-36(49-2)33-11-8-29(33)20-45-24-40(14-4-6-27-17-31(41)10-12-34(27)40)25-51-37-13-9-28(19-35(37)45)38(46)42-52(48,23-26)43-39(47)30-18-32-22-50-16-15-44(32)21-30/h3,7,9-10,12-13,17-19,21,26,29,33,36H,4-6,8,11,14-16,20,22-25H2,1-2H3,(H,42,43,46,47,48)/b7-3-/t26-,29-,33+,36-,40-,52?/m0/s1. The van der Waals surface area contributed by atoms with E-state index < -0.39 is 21.7 Å². The SMILES string of the molecule is CO[C@H]1/C=C\C[C@H](C)CS(=O)(NC(=O)c2cc3n(c2)CCOC3)=NC(=O)c2ccc3c(c2)N(C[C@@H]2CC[C@H]21)C[C@@]1(CCCc2cc(Cl)ccc21)CO3. The van der Waals surface area contributed by atoms with E-state index in [2.05, 4.69) is 38.3 Å². The predicted octanol–water partition coefficient (Wildman–Crippen LogP) is 6.74. The maximum Gasteiger partial charge on any atom is 0.286 e. The molecule has 1 N–H and O–H groups in total. The fourth-order valence-corrected chi connectivity index (χ4v) is 11.0. The number of methoxy groups -OCH3 is 1. The van der Waals surface area contributed by atoms with Crippen LogP contribution < -0.4 is 14.4 Å². The number of aromatic nitrogens is 1. The number of rotatable bonds is 3. The molecular weight excluding hydrogens is 700 g/mol. The third-order valence-corrected chi connectivity index (χ3v) is 14.0. The lowest BCUT2D eigenvalue weighted by molar-refractivity contribution is 0.0131. The van der Waals surface area contributed by atoms with Crippen molar-refractivity contribution in [3.8, 4) is 5.75 Å². The molecule has 2 amide bonds. The molecule has 3 aliphatic heterocycles. The molecular formula is C40H47ClN4O6S. The van der Waals surface area contributed by atoms with E-state index in [1.165, 1.54) is 11.1 Å². The van der Waals surface area contributed by atoms with E-state index in [0.29, 0.717) is 61.5 Å². The van der Waals surface area contributed by atoms with E-state index in [-0.39, 0.29) is 23.2 Å². The van der Waals surface area contributed by atoms with Gasteiger partial charge in [0, 0.05) is 54.6 Å². The van der Waals surface area contributed by atoms with Gasteiger partial charge in [-0.2, -0.15) is 0 Å². The van der Waals surface area contributed by atoms with Crippen LogP contribution in [0, 0.1) is 17.8 Å². The molecule has 1 spiro atoms. The molecule has 276 valence electrons. The molecule has 1 unspecified atom stereocenters. The zero-order chi connectivity index (χ0) is 36.0. The average molecular weight is 747 g/mol. The Bertz CT molecular complexity index is 2010. The van der Waals surface area contributed by atoms with Gasteiger partial charge in [-0.05, 0) is 104 Å². The van der Waals surface area contributed by atoms with Gasteiger partial charge in [-0.25, -0.2) is 4.21 Å². The Morgan fingerprint density at radius 2 is 2.06 bits per heavy atom. The van der Waals surface area contributed by atoms with Crippen LogP contribution >= 0.6 is 11.6 Å². The number of allylic oxidation sites excluding steroid dienone is 1. The second kappa shape index (κ2) is 14.3. The number of amides is 2. The molecule has 6 atom stereocenters. The molecule has 8 rings (SSSR count). The average Bonchev–Trinajstić information content (AvgIpc) is 3.49. The number of anilines is 1. The highest BCUT2D eigenvalue weighted by Gasteiger charge is 2.44. The molecule has 0 saturated heterocycles. The number of aryl methyl sites for hydroxylation is 1. The minimum absolute atomic E-state index is 0.0152. The second-order valence-electron chi connectivity index (χ2n) is 15.4. The summed E-state index contributed by atoms with van der Waals surface area (Å²) in [5.41, 5.74) is 4.65. The van der Waals surface area contributed by atoms with Crippen molar-refractivity contribution in [1.82, 2.24) is 9.29 Å². The van der Waals surface area contributed by atoms with Gasteiger partial charge in [0.1, 0.15) is 15.7 Å². The highest BCUT2D eigenvalue weighted by molar-refractivity contribution is 7.92. The van der Waals surface area contributed by atoms with Crippen LogP contribution in [-0.2, 0) is 44.4 Å². The molecule has 5 aliphatic rings. The van der Waals surface area contributed by atoms with Crippen LogP contribution in [0.2, 0.25) is 5.02 Å². The maximum atomic E-state index is 14.6.